The lowest BCUT2D eigenvalue weighted by Gasteiger charge is -2.28. The zero-order chi connectivity index (χ0) is 24.8. The number of nitrogens with zero attached hydrogens (tertiary/aromatic N) is 2. The summed E-state index contributed by atoms with van der Waals surface area (Å²) >= 11 is 5.92. The van der Waals surface area contributed by atoms with E-state index in [1.54, 1.807) is 24.3 Å². The van der Waals surface area contributed by atoms with Crippen molar-refractivity contribution in [2.24, 2.45) is 0 Å². The standard InChI is InChI=1S/C26H41ClN4O3/c1-3-5-7-19-31(20-8-6-4-2)25(33)23(15-16-24(32)30-17-9-10-18-30)29-26(34)28-22-13-11-21(27)12-14-22/h11-14,23H,3-10,15-20H2,1-2H3,(H2,28,29,34)/t23-/m1/s1. The maximum Gasteiger partial charge on any atom is 0.319 e. The zero-order valence-corrected chi connectivity index (χ0v) is 21.5. The van der Waals surface area contributed by atoms with Gasteiger partial charge in [0.1, 0.15) is 6.04 Å². The molecule has 1 aliphatic heterocycles. The van der Waals surface area contributed by atoms with Crippen molar-refractivity contribution in [3.8, 4) is 0 Å². The highest BCUT2D eigenvalue weighted by atomic mass is 35.5. The van der Waals surface area contributed by atoms with Gasteiger partial charge in [0.15, 0.2) is 0 Å². The number of halogens is 1. The van der Waals surface area contributed by atoms with Gasteiger partial charge >= 0.3 is 6.03 Å². The third-order valence-corrected chi connectivity index (χ3v) is 6.44. The van der Waals surface area contributed by atoms with Crippen LogP contribution in [0.15, 0.2) is 24.3 Å². The molecule has 1 atom stereocenters. The molecule has 0 aromatic heterocycles. The molecule has 1 aromatic carbocycles. The minimum atomic E-state index is -0.748. The first-order valence-corrected chi connectivity index (χ1v) is 13.2. The van der Waals surface area contributed by atoms with Crippen molar-refractivity contribution in [2.75, 3.05) is 31.5 Å². The number of nitrogens with one attached hydrogen (secondary N) is 2. The van der Waals surface area contributed by atoms with Crippen LogP contribution in [0.4, 0.5) is 10.5 Å². The largest absolute Gasteiger partial charge is 0.343 e. The maximum atomic E-state index is 13.5. The van der Waals surface area contributed by atoms with Crippen molar-refractivity contribution in [1.82, 2.24) is 15.1 Å². The molecule has 0 aliphatic carbocycles. The fourth-order valence-corrected chi connectivity index (χ4v) is 4.29. The summed E-state index contributed by atoms with van der Waals surface area (Å²) < 4.78 is 0. The van der Waals surface area contributed by atoms with Crippen molar-refractivity contribution < 1.29 is 14.4 Å². The summed E-state index contributed by atoms with van der Waals surface area (Å²) in [5, 5.41) is 6.19. The van der Waals surface area contributed by atoms with Crippen LogP contribution in [0.5, 0.6) is 0 Å². The van der Waals surface area contributed by atoms with Crippen molar-refractivity contribution in [1.29, 1.82) is 0 Å². The number of carbonyl (C=O) groups is 3. The van der Waals surface area contributed by atoms with Gasteiger partial charge in [-0.25, -0.2) is 4.79 Å². The molecule has 1 saturated heterocycles. The molecule has 190 valence electrons. The van der Waals surface area contributed by atoms with Gasteiger partial charge in [0, 0.05) is 43.3 Å². The van der Waals surface area contributed by atoms with Crippen molar-refractivity contribution in [3.63, 3.8) is 0 Å². The van der Waals surface area contributed by atoms with Crippen molar-refractivity contribution in [3.05, 3.63) is 29.3 Å². The van der Waals surface area contributed by atoms with Crippen LogP contribution < -0.4 is 10.6 Å². The van der Waals surface area contributed by atoms with Gasteiger partial charge in [-0.05, 0) is 56.4 Å². The predicted octanol–water partition coefficient (Wildman–Crippen LogP) is 5.44. The molecule has 1 fully saturated rings. The molecule has 4 amide bonds. The molecular weight excluding hydrogens is 452 g/mol. The minimum absolute atomic E-state index is 0.0544. The Labute approximate surface area is 209 Å². The number of amides is 4. The molecule has 1 aromatic rings. The number of carbonyl (C=O) groups excluding carboxylic acids is 3. The van der Waals surface area contributed by atoms with E-state index in [0.717, 1.165) is 64.5 Å². The Morgan fingerprint density at radius 2 is 1.56 bits per heavy atom. The fourth-order valence-electron chi connectivity index (χ4n) is 4.17. The van der Waals surface area contributed by atoms with Gasteiger partial charge < -0.3 is 20.4 Å². The molecule has 2 N–H and O–H groups in total. The van der Waals surface area contributed by atoms with Crippen molar-refractivity contribution in [2.45, 2.75) is 84.1 Å². The summed E-state index contributed by atoms with van der Waals surface area (Å²) in [6.45, 7) is 7.18. The van der Waals surface area contributed by atoms with Crippen LogP contribution in [0.25, 0.3) is 0 Å². The minimum Gasteiger partial charge on any atom is -0.343 e. The molecule has 1 heterocycles. The maximum absolute atomic E-state index is 13.5. The lowest BCUT2D eigenvalue weighted by atomic mass is 10.1. The van der Waals surface area contributed by atoms with Crippen LogP contribution in [-0.2, 0) is 9.59 Å². The summed E-state index contributed by atoms with van der Waals surface area (Å²) in [7, 11) is 0. The van der Waals surface area contributed by atoms with Gasteiger partial charge in [-0.3, -0.25) is 9.59 Å². The second-order valence-electron chi connectivity index (χ2n) is 9.02. The fraction of sp³-hybridized carbons (Fsp3) is 0.654. The van der Waals surface area contributed by atoms with Crippen molar-refractivity contribution >= 4 is 35.1 Å². The van der Waals surface area contributed by atoms with Gasteiger partial charge in [0.05, 0.1) is 0 Å². The highest BCUT2D eigenvalue weighted by Crippen LogP contribution is 2.15. The number of anilines is 1. The van der Waals surface area contributed by atoms with Crippen LogP contribution in [0.2, 0.25) is 5.02 Å². The third-order valence-electron chi connectivity index (χ3n) is 6.19. The van der Waals surface area contributed by atoms with E-state index < -0.39 is 12.1 Å². The smallest absolute Gasteiger partial charge is 0.319 e. The molecular formula is C26H41ClN4O3. The zero-order valence-electron chi connectivity index (χ0n) is 20.8. The van der Waals surface area contributed by atoms with Gasteiger partial charge in [-0.2, -0.15) is 0 Å². The van der Waals surface area contributed by atoms with E-state index in [0.29, 0.717) is 30.2 Å². The Morgan fingerprint density at radius 3 is 2.12 bits per heavy atom. The summed E-state index contributed by atoms with van der Waals surface area (Å²) in [6, 6.07) is 5.59. The molecule has 0 unspecified atom stereocenters. The second kappa shape index (κ2) is 15.6. The topological polar surface area (TPSA) is 81.8 Å². The van der Waals surface area contributed by atoms with Gasteiger partial charge in [-0.1, -0.05) is 51.1 Å². The van der Waals surface area contributed by atoms with E-state index in [1.165, 1.54) is 0 Å². The quantitative estimate of drug-likeness (QED) is 0.339. The van der Waals surface area contributed by atoms with E-state index >= 15 is 0 Å². The summed E-state index contributed by atoms with van der Waals surface area (Å²) in [5.41, 5.74) is 0.587. The lowest BCUT2D eigenvalue weighted by Crippen LogP contribution is -2.50. The Balaban J connectivity index is 2.07. The van der Waals surface area contributed by atoms with Crippen LogP contribution in [0.3, 0.4) is 0 Å². The van der Waals surface area contributed by atoms with E-state index in [1.807, 2.05) is 9.80 Å². The number of likely N-dealkylation sites (tertiary alicyclic amines) is 1. The summed E-state index contributed by atoms with van der Waals surface area (Å²) in [5.74, 6) is -0.0496. The number of urea groups is 1. The number of benzene rings is 1. The van der Waals surface area contributed by atoms with Gasteiger partial charge in [0.25, 0.3) is 0 Å². The first kappa shape index (κ1) is 28.0. The SMILES string of the molecule is CCCCCN(CCCCC)C(=O)[C@@H](CCC(=O)N1CCCC1)NC(=O)Nc1ccc(Cl)cc1. The highest BCUT2D eigenvalue weighted by Gasteiger charge is 2.28. The molecule has 2 rings (SSSR count). The monoisotopic (exact) mass is 492 g/mol. The Hall–Kier alpha value is -2.28. The Bertz CT molecular complexity index is 756. The molecule has 8 heteroatoms. The first-order valence-electron chi connectivity index (χ1n) is 12.8. The normalized spacial score (nSPS) is 14.0. The molecule has 34 heavy (non-hydrogen) atoms. The molecule has 0 radical (unpaired) electrons. The molecule has 7 nitrogen and oxygen atoms in total. The average molecular weight is 493 g/mol. The number of hydrogen-bond acceptors (Lipinski definition) is 3. The third kappa shape index (κ3) is 9.92. The lowest BCUT2D eigenvalue weighted by molar-refractivity contribution is -0.134. The number of rotatable bonds is 14. The van der Waals surface area contributed by atoms with E-state index in [9.17, 15) is 14.4 Å². The summed E-state index contributed by atoms with van der Waals surface area (Å²) in [6.07, 6.45) is 8.72. The Morgan fingerprint density at radius 1 is 0.971 bits per heavy atom. The molecule has 0 spiro atoms. The second-order valence-corrected chi connectivity index (χ2v) is 9.46. The van der Waals surface area contributed by atoms with Gasteiger partial charge in [-0.15, -0.1) is 0 Å². The average Bonchev–Trinajstić information content (AvgIpc) is 3.37. The first-order chi connectivity index (χ1) is 16.4. The number of unbranched alkanes of at least 4 members (excludes halogenated alkanes) is 4. The van der Waals surface area contributed by atoms with Crippen LogP contribution in [-0.4, -0.2) is 59.9 Å². The molecule has 0 bridgehead atoms. The highest BCUT2D eigenvalue weighted by molar-refractivity contribution is 6.30. The summed E-state index contributed by atoms with van der Waals surface area (Å²) in [4.78, 5) is 42.6. The predicted molar refractivity (Wildman–Crippen MR) is 138 cm³/mol. The number of hydrogen-bond donors (Lipinski definition) is 2. The van der Waals surface area contributed by atoms with Gasteiger partial charge in [0.2, 0.25) is 11.8 Å². The van der Waals surface area contributed by atoms with Crippen LogP contribution in [0.1, 0.15) is 78.1 Å². The Kier molecular flexibility index (Phi) is 12.8. The van der Waals surface area contributed by atoms with E-state index in [4.69, 9.17) is 11.6 Å². The van der Waals surface area contributed by atoms with Crippen LogP contribution >= 0.6 is 11.6 Å². The molecule has 1 aliphatic rings. The van der Waals surface area contributed by atoms with E-state index in [2.05, 4.69) is 24.5 Å². The van der Waals surface area contributed by atoms with E-state index in [-0.39, 0.29) is 18.2 Å². The molecule has 0 saturated carbocycles. The van der Waals surface area contributed by atoms with Crippen LogP contribution in [0, 0.1) is 0 Å².